The first-order valence-electron chi connectivity index (χ1n) is 6.43. The molecule has 1 fully saturated rings. The van der Waals surface area contributed by atoms with Crippen LogP contribution in [0, 0.1) is 6.92 Å². The summed E-state index contributed by atoms with van der Waals surface area (Å²) >= 11 is 3.55. The number of amides is 1. The van der Waals surface area contributed by atoms with Gasteiger partial charge in [-0.3, -0.25) is 4.79 Å². The number of carbonyl (C=O) groups excluding carboxylic acids is 1. The minimum absolute atomic E-state index is 0.0673. The molecule has 2 rings (SSSR count). The Morgan fingerprint density at radius 1 is 1.42 bits per heavy atom. The van der Waals surface area contributed by atoms with Gasteiger partial charge in [-0.2, -0.15) is 23.5 Å². The predicted molar refractivity (Wildman–Crippen MR) is 87.7 cm³/mol. The van der Waals surface area contributed by atoms with Gasteiger partial charge in [0.2, 0.25) is 5.91 Å². The van der Waals surface area contributed by atoms with Gasteiger partial charge in [-0.25, -0.2) is 0 Å². The molecule has 1 aromatic rings. The van der Waals surface area contributed by atoms with Crippen molar-refractivity contribution >= 4 is 40.8 Å². The molecule has 1 heterocycles. The minimum Gasteiger partial charge on any atom is -0.370 e. The Kier molecular flexibility index (Phi) is 5.45. The summed E-state index contributed by atoms with van der Waals surface area (Å²) in [6, 6.07) is 6.30. The number of nitrogens with zero attached hydrogens (tertiary/aromatic N) is 1. The quantitative estimate of drug-likeness (QED) is 0.926. The first kappa shape index (κ1) is 14.6. The molecule has 0 radical (unpaired) electrons. The van der Waals surface area contributed by atoms with E-state index < -0.39 is 0 Å². The average molecular weight is 296 g/mol. The van der Waals surface area contributed by atoms with Crippen molar-refractivity contribution in [3.05, 3.63) is 23.8 Å². The Balaban J connectivity index is 2.05. The van der Waals surface area contributed by atoms with Crippen LogP contribution in [0.15, 0.2) is 18.2 Å². The number of hydrogen-bond donors (Lipinski definition) is 1. The van der Waals surface area contributed by atoms with E-state index in [4.69, 9.17) is 0 Å². The van der Waals surface area contributed by atoms with E-state index in [-0.39, 0.29) is 5.91 Å². The van der Waals surface area contributed by atoms with Crippen molar-refractivity contribution in [1.29, 1.82) is 0 Å². The van der Waals surface area contributed by atoms with Gasteiger partial charge in [-0.1, -0.05) is 0 Å². The van der Waals surface area contributed by atoms with Crippen molar-refractivity contribution in [2.24, 2.45) is 0 Å². The standard InChI is InChI=1S/C14H20N2OS2/c1-11-9-12(16-5-7-19-8-6-16)3-4-13(11)15-14(17)10-18-2/h3-4,9H,5-8,10H2,1-2H3,(H,15,17). The number of hydrogen-bond acceptors (Lipinski definition) is 4. The van der Waals surface area contributed by atoms with Gasteiger partial charge >= 0.3 is 0 Å². The Labute approximate surface area is 123 Å². The number of nitrogens with one attached hydrogen (secondary N) is 1. The summed E-state index contributed by atoms with van der Waals surface area (Å²) in [5.41, 5.74) is 3.32. The van der Waals surface area contributed by atoms with Crippen LogP contribution in [0.3, 0.4) is 0 Å². The Hall–Kier alpha value is -0.810. The van der Waals surface area contributed by atoms with Crippen LogP contribution < -0.4 is 10.2 Å². The topological polar surface area (TPSA) is 32.3 Å². The van der Waals surface area contributed by atoms with E-state index in [2.05, 4.69) is 29.3 Å². The van der Waals surface area contributed by atoms with Crippen LogP contribution in [-0.4, -0.2) is 42.5 Å². The second-order valence-corrected chi connectivity index (χ2v) is 6.67. The third-order valence-electron chi connectivity index (χ3n) is 3.14. The molecule has 0 atom stereocenters. The van der Waals surface area contributed by atoms with Crippen molar-refractivity contribution < 1.29 is 4.79 Å². The van der Waals surface area contributed by atoms with Crippen LogP contribution in [0.25, 0.3) is 0 Å². The van der Waals surface area contributed by atoms with Crippen molar-refractivity contribution in [3.8, 4) is 0 Å². The molecule has 1 aromatic carbocycles. The van der Waals surface area contributed by atoms with Gasteiger partial charge in [-0.15, -0.1) is 0 Å². The number of benzene rings is 1. The lowest BCUT2D eigenvalue weighted by molar-refractivity contribution is -0.113. The first-order chi connectivity index (χ1) is 9.20. The molecule has 0 bridgehead atoms. The van der Waals surface area contributed by atoms with E-state index in [1.54, 1.807) is 0 Å². The molecular weight excluding hydrogens is 276 g/mol. The Morgan fingerprint density at radius 2 is 2.16 bits per heavy atom. The smallest absolute Gasteiger partial charge is 0.234 e. The molecule has 0 saturated carbocycles. The van der Waals surface area contributed by atoms with Crippen molar-refractivity contribution in [2.75, 3.05) is 46.8 Å². The normalized spacial score (nSPS) is 15.4. The monoisotopic (exact) mass is 296 g/mol. The summed E-state index contributed by atoms with van der Waals surface area (Å²) < 4.78 is 0. The molecule has 1 N–H and O–H groups in total. The molecule has 0 spiro atoms. The molecule has 0 aromatic heterocycles. The molecule has 1 aliphatic heterocycles. The molecule has 3 nitrogen and oxygen atoms in total. The third kappa shape index (κ3) is 4.08. The number of aryl methyl sites for hydroxylation is 1. The molecule has 1 saturated heterocycles. The second-order valence-electron chi connectivity index (χ2n) is 4.58. The van der Waals surface area contributed by atoms with Crippen LogP contribution >= 0.6 is 23.5 Å². The van der Waals surface area contributed by atoms with Crippen molar-refractivity contribution in [3.63, 3.8) is 0 Å². The Bertz CT molecular complexity index is 445. The highest BCUT2D eigenvalue weighted by atomic mass is 32.2. The van der Waals surface area contributed by atoms with Crippen LogP contribution in [0.4, 0.5) is 11.4 Å². The summed E-state index contributed by atoms with van der Waals surface area (Å²) in [6.07, 6.45) is 1.93. The van der Waals surface area contributed by atoms with E-state index in [0.717, 1.165) is 24.3 Å². The van der Waals surface area contributed by atoms with Gasteiger partial charge in [0.15, 0.2) is 0 Å². The number of thioether (sulfide) groups is 2. The lowest BCUT2D eigenvalue weighted by Crippen LogP contribution is -2.32. The zero-order valence-electron chi connectivity index (χ0n) is 11.4. The fraction of sp³-hybridized carbons (Fsp3) is 0.500. The van der Waals surface area contributed by atoms with Crippen LogP contribution in [0.2, 0.25) is 0 Å². The fourth-order valence-electron chi connectivity index (χ4n) is 2.12. The first-order valence-corrected chi connectivity index (χ1v) is 8.97. The number of rotatable bonds is 4. The van der Waals surface area contributed by atoms with Gasteiger partial charge in [0, 0.05) is 36.0 Å². The lowest BCUT2D eigenvalue weighted by atomic mass is 10.1. The van der Waals surface area contributed by atoms with Crippen molar-refractivity contribution in [2.45, 2.75) is 6.92 Å². The third-order valence-corrected chi connectivity index (χ3v) is 4.63. The summed E-state index contributed by atoms with van der Waals surface area (Å²) in [5.74, 6) is 2.97. The van der Waals surface area contributed by atoms with E-state index in [1.807, 2.05) is 24.1 Å². The highest BCUT2D eigenvalue weighted by Gasteiger charge is 2.12. The van der Waals surface area contributed by atoms with Gasteiger partial charge in [0.25, 0.3) is 0 Å². The zero-order valence-corrected chi connectivity index (χ0v) is 13.1. The number of anilines is 2. The van der Waals surface area contributed by atoms with Gasteiger partial charge in [-0.05, 0) is 36.9 Å². The van der Waals surface area contributed by atoms with Gasteiger partial charge < -0.3 is 10.2 Å². The molecule has 0 unspecified atom stereocenters. The number of carbonyl (C=O) groups is 1. The van der Waals surface area contributed by atoms with E-state index in [1.165, 1.54) is 29.0 Å². The maximum absolute atomic E-state index is 11.6. The maximum Gasteiger partial charge on any atom is 0.234 e. The van der Waals surface area contributed by atoms with Gasteiger partial charge in [0.05, 0.1) is 5.75 Å². The van der Waals surface area contributed by atoms with E-state index >= 15 is 0 Å². The minimum atomic E-state index is 0.0673. The van der Waals surface area contributed by atoms with Crippen LogP contribution in [0.5, 0.6) is 0 Å². The lowest BCUT2D eigenvalue weighted by Gasteiger charge is -2.29. The highest BCUT2D eigenvalue weighted by molar-refractivity contribution is 7.99. The maximum atomic E-state index is 11.6. The summed E-state index contributed by atoms with van der Waals surface area (Å²) in [6.45, 7) is 4.28. The average Bonchev–Trinajstić information content (AvgIpc) is 2.42. The fourth-order valence-corrected chi connectivity index (χ4v) is 3.36. The zero-order chi connectivity index (χ0) is 13.7. The van der Waals surface area contributed by atoms with Gasteiger partial charge in [0.1, 0.15) is 0 Å². The van der Waals surface area contributed by atoms with Crippen LogP contribution in [-0.2, 0) is 4.79 Å². The highest BCUT2D eigenvalue weighted by Crippen LogP contribution is 2.25. The molecule has 19 heavy (non-hydrogen) atoms. The largest absolute Gasteiger partial charge is 0.370 e. The molecule has 5 heteroatoms. The summed E-state index contributed by atoms with van der Waals surface area (Å²) in [7, 11) is 0. The molecular formula is C14H20N2OS2. The van der Waals surface area contributed by atoms with Crippen molar-refractivity contribution in [1.82, 2.24) is 0 Å². The molecule has 1 amide bonds. The van der Waals surface area contributed by atoms with Crippen LogP contribution in [0.1, 0.15) is 5.56 Å². The predicted octanol–water partition coefficient (Wildman–Crippen LogP) is 2.85. The molecule has 104 valence electrons. The Morgan fingerprint density at radius 3 is 2.79 bits per heavy atom. The summed E-state index contributed by atoms with van der Waals surface area (Å²) in [4.78, 5) is 14.0. The molecule has 1 aliphatic rings. The van der Waals surface area contributed by atoms with E-state index in [0.29, 0.717) is 5.75 Å². The van der Waals surface area contributed by atoms with E-state index in [9.17, 15) is 4.79 Å². The summed E-state index contributed by atoms with van der Waals surface area (Å²) in [5, 5.41) is 2.96. The SMILES string of the molecule is CSCC(=O)Nc1ccc(N2CCSCC2)cc1C. The molecule has 0 aliphatic carbocycles. The second kappa shape index (κ2) is 7.10.